The standard InChI is InChI=1S/C19H17BrN2O4/c1-24-15-8-12(9-16(25-2)18(15)26-3)14-10-21-19(22-14)17(23)11-4-6-13(20)7-5-11/h4-10H,1-3H3,(H,21,22). The molecule has 3 aromatic rings. The van der Waals surface area contributed by atoms with Crippen LogP contribution in [0.25, 0.3) is 11.3 Å². The molecule has 0 aliphatic rings. The van der Waals surface area contributed by atoms with Crippen LogP contribution >= 0.6 is 15.9 Å². The van der Waals surface area contributed by atoms with E-state index in [1.165, 1.54) is 0 Å². The number of nitrogens with zero attached hydrogens (tertiary/aromatic N) is 1. The molecule has 0 atom stereocenters. The van der Waals surface area contributed by atoms with Gasteiger partial charge in [-0.2, -0.15) is 0 Å². The van der Waals surface area contributed by atoms with Crippen molar-refractivity contribution in [2.24, 2.45) is 0 Å². The summed E-state index contributed by atoms with van der Waals surface area (Å²) >= 11 is 3.36. The molecule has 0 fully saturated rings. The van der Waals surface area contributed by atoms with Gasteiger partial charge in [0, 0.05) is 15.6 Å². The Kier molecular flexibility index (Phi) is 5.27. The van der Waals surface area contributed by atoms with E-state index in [4.69, 9.17) is 14.2 Å². The number of halogens is 1. The summed E-state index contributed by atoms with van der Waals surface area (Å²) in [6.07, 6.45) is 1.60. The Morgan fingerprint density at radius 1 is 1.00 bits per heavy atom. The number of carbonyl (C=O) groups excluding carboxylic acids is 1. The summed E-state index contributed by atoms with van der Waals surface area (Å²) < 4.78 is 17.0. The number of aromatic amines is 1. The molecule has 7 heteroatoms. The highest BCUT2D eigenvalue weighted by molar-refractivity contribution is 9.10. The first-order valence-electron chi connectivity index (χ1n) is 7.73. The van der Waals surface area contributed by atoms with Crippen LogP contribution in [0.4, 0.5) is 0 Å². The number of hydrogen-bond donors (Lipinski definition) is 1. The summed E-state index contributed by atoms with van der Waals surface area (Å²) in [6, 6.07) is 10.7. The van der Waals surface area contributed by atoms with Crippen LogP contribution in [-0.4, -0.2) is 37.1 Å². The maximum absolute atomic E-state index is 12.6. The molecule has 0 aliphatic carbocycles. The van der Waals surface area contributed by atoms with Gasteiger partial charge < -0.3 is 19.2 Å². The number of imidazole rings is 1. The van der Waals surface area contributed by atoms with E-state index in [-0.39, 0.29) is 11.6 Å². The van der Waals surface area contributed by atoms with Crippen molar-refractivity contribution in [1.82, 2.24) is 9.97 Å². The first-order valence-corrected chi connectivity index (χ1v) is 8.52. The van der Waals surface area contributed by atoms with E-state index in [0.717, 1.165) is 10.0 Å². The van der Waals surface area contributed by atoms with Crippen LogP contribution in [0, 0.1) is 0 Å². The molecule has 1 N–H and O–H groups in total. The second-order valence-corrected chi connectivity index (χ2v) is 6.31. The van der Waals surface area contributed by atoms with Crippen LogP contribution in [-0.2, 0) is 0 Å². The van der Waals surface area contributed by atoms with Gasteiger partial charge in [-0.05, 0) is 36.4 Å². The largest absolute Gasteiger partial charge is 0.493 e. The highest BCUT2D eigenvalue weighted by Crippen LogP contribution is 2.40. The Morgan fingerprint density at radius 2 is 1.62 bits per heavy atom. The molecular weight excluding hydrogens is 400 g/mol. The zero-order valence-corrected chi connectivity index (χ0v) is 16.1. The zero-order chi connectivity index (χ0) is 18.7. The molecule has 0 radical (unpaired) electrons. The minimum absolute atomic E-state index is 0.184. The summed E-state index contributed by atoms with van der Waals surface area (Å²) in [7, 11) is 4.65. The first kappa shape index (κ1) is 18.0. The summed E-state index contributed by atoms with van der Waals surface area (Å²) in [4.78, 5) is 19.8. The smallest absolute Gasteiger partial charge is 0.228 e. The van der Waals surface area contributed by atoms with Gasteiger partial charge >= 0.3 is 0 Å². The van der Waals surface area contributed by atoms with Crippen molar-refractivity contribution in [3.05, 3.63) is 58.5 Å². The Bertz CT molecular complexity index is 910. The molecule has 0 bridgehead atoms. The number of nitrogens with one attached hydrogen (secondary N) is 1. The van der Waals surface area contributed by atoms with Gasteiger partial charge in [0.2, 0.25) is 11.5 Å². The van der Waals surface area contributed by atoms with Gasteiger partial charge in [-0.1, -0.05) is 15.9 Å². The molecule has 0 saturated carbocycles. The van der Waals surface area contributed by atoms with E-state index in [0.29, 0.717) is 28.5 Å². The second-order valence-electron chi connectivity index (χ2n) is 5.40. The number of rotatable bonds is 6. The van der Waals surface area contributed by atoms with Crippen molar-refractivity contribution in [2.45, 2.75) is 0 Å². The topological polar surface area (TPSA) is 73.4 Å². The van der Waals surface area contributed by atoms with Crippen molar-refractivity contribution in [3.8, 4) is 28.5 Å². The Hall–Kier alpha value is -2.80. The Labute approximate surface area is 159 Å². The molecule has 6 nitrogen and oxygen atoms in total. The van der Waals surface area contributed by atoms with Crippen molar-refractivity contribution >= 4 is 21.7 Å². The summed E-state index contributed by atoms with van der Waals surface area (Å²) in [6.45, 7) is 0. The van der Waals surface area contributed by atoms with Gasteiger partial charge in [-0.25, -0.2) is 4.98 Å². The third kappa shape index (κ3) is 3.43. The number of ether oxygens (including phenoxy) is 3. The first-order chi connectivity index (χ1) is 12.6. The molecule has 0 amide bonds. The van der Waals surface area contributed by atoms with Crippen LogP contribution in [0.1, 0.15) is 16.2 Å². The number of aromatic nitrogens is 2. The van der Waals surface area contributed by atoms with Crippen LogP contribution in [0.15, 0.2) is 47.1 Å². The average molecular weight is 417 g/mol. The fourth-order valence-corrected chi connectivity index (χ4v) is 2.82. The molecule has 3 rings (SSSR count). The molecule has 1 aromatic heterocycles. The van der Waals surface area contributed by atoms with E-state index < -0.39 is 0 Å². The number of carbonyl (C=O) groups is 1. The van der Waals surface area contributed by atoms with E-state index in [1.807, 2.05) is 12.1 Å². The number of benzene rings is 2. The van der Waals surface area contributed by atoms with E-state index in [2.05, 4.69) is 25.9 Å². The molecule has 0 saturated heterocycles. The van der Waals surface area contributed by atoms with Crippen LogP contribution in [0.2, 0.25) is 0 Å². The van der Waals surface area contributed by atoms with Crippen LogP contribution < -0.4 is 14.2 Å². The van der Waals surface area contributed by atoms with Gasteiger partial charge in [0.1, 0.15) is 0 Å². The summed E-state index contributed by atoms with van der Waals surface area (Å²) in [5.74, 6) is 1.63. The van der Waals surface area contributed by atoms with E-state index in [9.17, 15) is 4.79 Å². The van der Waals surface area contributed by atoms with E-state index >= 15 is 0 Å². The normalized spacial score (nSPS) is 10.5. The highest BCUT2D eigenvalue weighted by Gasteiger charge is 2.17. The van der Waals surface area contributed by atoms with Gasteiger partial charge in [0.05, 0.1) is 33.2 Å². The van der Waals surface area contributed by atoms with Gasteiger partial charge in [0.15, 0.2) is 17.3 Å². The quantitative estimate of drug-likeness (QED) is 0.612. The fraction of sp³-hybridized carbons (Fsp3) is 0.158. The number of hydrogen-bond acceptors (Lipinski definition) is 5. The van der Waals surface area contributed by atoms with Crippen LogP contribution in [0.5, 0.6) is 17.2 Å². The zero-order valence-electron chi connectivity index (χ0n) is 14.5. The molecule has 0 spiro atoms. The predicted molar refractivity (Wildman–Crippen MR) is 101 cm³/mol. The van der Waals surface area contributed by atoms with Gasteiger partial charge in [-0.3, -0.25) is 4.79 Å². The maximum atomic E-state index is 12.6. The molecule has 134 valence electrons. The van der Waals surface area contributed by atoms with E-state index in [1.54, 1.807) is 51.8 Å². The average Bonchev–Trinajstić information content (AvgIpc) is 3.17. The van der Waals surface area contributed by atoms with Gasteiger partial charge in [0.25, 0.3) is 0 Å². The number of H-pyrrole nitrogens is 1. The lowest BCUT2D eigenvalue weighted by Crippen LogP contribution is -2.03. The lowest BCUT2D eigenvalue weighted by molar-refractivity contribution is 0.103. The maximum Gasteiger partial charge on any atom is 0.228 e. The number of ketones is 1. The molecular formula is C19H17BrN2O4. The van der Waals surface area contributed by atoms with Crippen molar-refractivity contribution in [2.75, 3.05) is 21.3 Å². The molecule has 0 unspecified atom stereocenters. The molecule has 1 heterocycles. The second kappa shape index (κ2) is 7.61. The van der Waals surface area contributed by atoms with Crippen LogP contribution in [0.3, 0.4) is 0 Å². The Balaban J connectivity index is 1.97. The minimum Gasteiger partial charge on any atom is -0.493 e. The SMILES string of the molecule is COc1cc(-c2cnc(C(=O)c3ccc(Br)cc3)[nH]2)cc(OC)c1OC. The summed E-state index contributed by atoms with van der Waals surface area (Å²) in [5, 5.41) is 0. The van der Waals surface area contributed by atoms with Gasteiger partial charge in [-0.15, -0.1) is 0 Å². The fourth-order valence-electron chi connectivity index (χ4n) is 2.56. The monoisotopic (exact) mass is 416 g/mol. The Morgan fingerprint density at radius 3 is 2.15 bits per heavy atom. The predicted octanol–water partition coefficient (Wildman–Crippen LogP) is 4.10. The minimum atomic E-state index is -0.184. The molecule has 0 aliphatic heterocycles. The lowest BCUT2D eigenvalue weighted by atomic mass is 10.1. The number of methoxy groups -OCH3 is 3. The third-order valence-corrected chi connectivity index (χ3v) is 4.40. The van der Waals surface area contributed by atoms with Crippen molar-refractivity contribution in [3.63, 3.8) is 0 Å². The molecule has 26 heavy (non-hydrogen) atoms. The third-order valence-electron chi connectivity index (χ3n) is 3.87. The molecule has 2 aromatic carbocycles. The van der Waals surface area contributed by atoms with Crippen molar-refractivity contribution in [1.29, 1.82) is 0 Å². The summed E-state index contributed by atoms with van der Waals surface area (Å²) in [5.41, 5.74) is 1.99. The van der Waals surface area contributed by atoms with Crippen molar-refractivity contribution < 1.29 is 19.0 Å². The highest BCUT2D eigenvalue weighted by atomic mass is 79.9. The lowest BCUT2D eigenvalue weighted by Gasteiger charge is -2.13.